The Balaban J connectivity index is 2.51. The summed E-state index contributed by atoms with van der Waals surface area (Å²) in [6.07, 6.45) is 3.02. The third kappa shape index (κ3) is 5.58. The smallest absolute Gasteiger partial charge is 0.0701 e. The predicted octanol–water partition coefficient (Wildman–Crippen LogP) is 2.09. The van der Waals surface area contributed by atoms with Gasteiger partial charge in [0.15, 0.2) is 0 Å². The summed E-state index contributed by atoms with van der Waals surface area (Å²) in [5.74, 6) is 0. The molecule has 0 spiro atoms. The van der Waals surface area contributed by atoms with Gasteiger partial charge in [0.25, 0.3) is 0 Å². The molecule has 0 aliphatic rings. The van der Waals surface area contributed by atoms with E-state index in [9.17, 15) is 0 Å². The summed E-state index contributed by atoms with van der Waals surface area (Å²) < 4.78 is 10.6. The minimum absolute atomic E-state index is 0.204. The average Bonchev–Trinajstić information content (AvgIpc) is 2.39. The Morgan fingerprint density at radius 3 is 2.78 bits per heavy atom. The van der Waals surface area contributed by atoms with Gasteiger partial charge in [-0.2, -0.15) is 0 Å². The Hall–Kier alpha value is -0.970. The lowest BCUT2D eigenvalue weighted by Gasteiger charge is -2.19. The van der Waals surface area contributed by atoms with Crippen LogP contribution in [-0.4, -0.2) is 38.5 Å². The molecule has 1 unspecified atom stereocenters. The number of hydrogen-bond acceptors (Lipinski definition) is 4. The summed E-state index contributed by atoms with van der Waals surface area (Å²) in [5.41, 5.74) is 2.21. The van der Waals surface area contributed by atoms with Crippen molar-refractivity contribution in [2.24, 2.45) is 0 Å². The van der Waals surface area contributed by atoms with Gasteiger partial charge in [0.05, 0.1) is 25.9 Å². The van der Waals surface area contributed by atoms with Gasteiger partial charge in [-0.25, -0.2) is 0 Å². The topological polar surface area (TPSA) is 43.4 Å². The maximum atomic E-state index is 5.60. The van der Waals surface area contributed by atoms with Crippen molar-refractivity contribution >= 4 is 0 Å². The molecule has 1 aromatic heterocycles. The van der Waals surface area contributed by atoms with Crippen LogP contribution in [-0.2, 0) is 9.47 Å². The van der Waals surface area contributed by atoms with E-state index >= 15 is 0 Å². The van der Waals surface area contributed by atoms with Crippen LogP contribution in [0, 0.1) is 6.92 Å². The van der Waals surface area contributed by atoms with Gasteiger partial charge in [0.2, 0.25) is 0 Å². The van der Waals surface area contributed by atoms with Gasteiger partial charge >= 0.3 is 0 Å². The quantitative estimate of drug-likeness (QED) is 0.683. The first-order chi connectivity index (χ1) is 8.77. The van der Waals surface area contributed by atoms with Gasteiger partial charge in [0, 0.05) is 19.0 Å². The highest BCUT2D eigenvalue weighted by Gasteiger charge is 2.10. The SMILES string of the molecule is CCCNC(COCCOC)c1ccc(C)nc1. The van der Waals surface area contributed by atoms with Crippen LogP contribution < -0.4 is 5.32 Å². The van der Waals surface area contributed by atoms with E-state index in [0.29, 0.717) is 19.8 Å². The van der Waals surface area contributed by atoms with Crippen LogP contribution in [0.25, 0.3) is 0 Å². The molecule has 0 saturated heterocycles. The molecular weight excluding hydrogens is 228 g/mol. The maximum absolute atomic E-state index is 5.60. The Kier molecular flexibility index (Phi) is 7.57. The molecule has 1 atom stereocenters. The Labute approximate surface area is 110 Å². The molecule has 0 amide bonds. The summed E-state index contributed by atoms with van der Waals surface area (Å²) in [6.45, 7) is 7.03. The fourth-order valence-electron chi connectivity index (χ4n) is 1.62. The van der Waals surface area contributed by atoms with Crippen LogP contribution in [0.1, 0.15) is 30.6 Å². The molecule has 18 heavy (non-hydrogen) atoms. The normalized spacial score (nSPS) is 12.6. The molecular formula is C14H24N2O2. The molecule has 0 aliphatic heterocycles. The van der Waals surface area contributed by atoms with Crippen LogP contribution in [0.4, 0.5) is 0 Å². The van der Waals surface area contributed by atoms with E-state index in [4.69, 9.17) is 9.47 Å². The van der Waals surface area contributed by atoms with Gasteiger partial charge in [-0.3, -0.25) is 4.98 Å². The fraction of sp³-hybridized carbons (Fsp3) is 0.643. The molecule has 1 aromatic rings. The molecule has 0 bridgehead atoms. The highest BCUT2D eigenvalue weighted by atomic mass is 16.5. The van der Waals surface area contributed by atoms with E-state index in [-0.39, 0.29) is 6.04 Å². The van der Waals surface area contributed by atoms with Crippen molar-refractivity contribution in [2.75, 3.05) is 33.5 Å². The summed E-state index contributed by atoms with van der Waals surface area (Å²) >= 11 is 0. The van der Waals surface area contributed by atoms with E-state index in [2.05, 4.69) is 23.3 Å². The number of aromatic nitrogens is 1. The lowest BCUT2D eigenvalue weighted by molar-refractivity contribution is 0.0585. The molecule has 1 heterocycles. The number of hydrogen-bond donors (Lipinski definition) is 1. The lowest BCUT2D eigenvalue weighted by atomic mass is 10.1. The average molecular weight is 252 g/mol. The summed E-state index contributed by atoms with van der Waals surface area (Å²) in [5, 5.41) is 3.48. The Morgan fingerprint density at radius 1 is 1.33 bits per heavy atom. The first kappa shape index (κ1) is 15.1. The summed E-state index contributed by atoms with van der Waals surface area (Å²) in [4.78, 5) is 4.33. The zero-order chi connectivity index (χ0) is 13.2. The van der Waals surface area contributed by atoms with Crippen LogP contribution in [0.2, 0.25) is 0 Å². The highest BCUT2D eigenvalue weighted by molar-refractivity contribution is 5.17. The van der Waals surface area contributed by atoms with Crippen molar-refractivity contribution in [1.29, 1.82) is 0 Å². The zero-order valence-electron chi connectivity index (χ0n) is 11.6. The van der Waals surface area contributed by atoms with Crippen LogP contribution in [0.3, 0.4) is 0 Å². The summed E-state index contributed by atoms with van der Waals surface area (Å²) in [7, 11) is 1.68. The second-order valence-corrected chi connectivity index (χ2v) is 4.31. The minimum Gasteiger partial charge on any atom is -0.382 e. The van der Waals surface area contributed by atoms with Crippen molar-refractivity contribution in [3.05, 3.63) is 29.6 Å². The van der Waals surface area contributed by atoms with Crippen molar-refractivity contribution in [1.82, 2.24) is 10.3 Å². The molecule has 0 fully saturated rings. The zero-order valence-corrected chi connectivity index (χ0v) is 11.6. The van der Waals surface area contributed by atoms with E-state index in [1.54, 1.807) is 7.11 Å². The highest BCUT2D eigenvalue weighted by Crippen LogP contribution is 2.12. The van der Waals surface area contributed by atoms with E-state index in [1.807, 2.05) is 19.2 Å². The summed E-state index contributed by atoms with van der Waals surface area (Å²) in [6, 6.07) is 4.34. The van der Waals surface area contributed by atoms with Crippen LogP contribution >= 0.6 is 0 Å². The van der Waals surface area contributed by atoms with Crippen LogP contribution in [0.15, 0.2) is 18.3 Å². The molecule has 0 radical (unpaired) electrons. The maximum Gasteiger partial charge on any atom is 0.0701 e. The number of nitrogens with zero attached hydrogens (tertiary/aromatic N) is 1. The van der Waals surface area contributed by atoms with Gasteiger partial charge < -0.3 is 14.8 Å². The van der Waals surface area contributed by atoms with Gasteiger partial charge in [-0.15, -0.1) is 0 Å². The first-order valence-corrected chi connectivity index (χ1v) is 6.50. The van der Waals surface area contributed by atoms with Gasteiger partial charge in [-0.05, 0) is 31.5 Å². The van der Waals surface area contributed by atoms with Crippen molar-refractivity contribution < 1.29 is 9.47 Å². The number of nitrogens with one attached hydrogen (secondary N) is 1. The monoisotopic (exact) mass is 252 g/mol. The van der Waals surface area contributed by atoms with E-state index in [0.717, 1.165) is 18.7 Å². The molecule has 0 aromatic carbocycles. The van der Waals surface area contributed by atoms with Crippen LogP contribution in [0.5, 0.6) is 0 Å². The molecule has 4 nitrogen and oxygen atoms in total. The molecule has 1 rings (SSSR count). The van der Waals surface area contributed by atoms with Crippen molar-refractivity contribution in [2.45, 2.75) is 26.3 Å². The molecule has 0 saturated carbocycles. The second-order valence-electron chi connectivity index (χ2n) is 4.31. The Bertz CT molecular complexity index is 314. The Morgan fingerprint density at radius 2 is 2.17 bits per heavy atom. The number of methoxy groups -OCH3 is 1. The van der Waals surface area contributed by atoms with E-state index in [1.165, 1.54) is 5.56 Å². The van der Waals surface area contributed by atoms with Crippen molar-refractivity contribution in [3.8, 4) is 0 Å². The number of ether oxygens (including phenoxy) is 2. The third-order valence-corrected chi connectivity index (χ3v) is 2.69. The second kappa shape index (κ2) is 9.03. The van der Waals surface area contributed by atoms with Gasteiger partial charge in [0.1, 0.15) is 0 Å². The largest absolute Gasteiger partial charge is 0.382 e. The molecule has 1 N–H and O–H groups in total. The predicted molar refractivity (Wildman–Crippen MR) is 72.7 cm³/mol. The third-order valence-electron chi connectivity index (χ3n) is 2.69. The first-order valence-electron chi connectivity index (χ1n) is 6.50. The van der Waals surface area contributed by atoms with Crippen molar-refractivity contribution in [3.63, 3.8) is 0 Å². The minimum atomic E-state index is 0.204. The molecule has 102 valence electrons. The molecule has 4 heteroatoms. The molecule has 0 aliphatic carbocycles. The van der Waals surface area contributed by atoms with E-state index < -0.39 is 0 Å². The lowest BCUT2D eigenvalue weighted by Crippen LogP contribution is -2.27. The van der Waals surface area contributed by atoms with Gasteiger partial charge in [-0.1, -0.05) is 13.0 Å². The number of pyridine rings is 1. The standard InChI is InChI=1S/C14H24N2O2/c1-4-7-15-14(11-18-9-8-17-3)13-6-5-12(2)16-10-13/h5-6,10,14-15H,4,7-9,11H2,1-3H3. The fourth-order valence-corrected chi connectivity index (χ4v) is 1.62. The number of rotatable bonds is 9. The number of aryl methyl sites for hydroxylation is 1.